The molecule has 1 saturated carbocycles. The van der Waals surface area contributed by atoms with Crippen molar-refractivity contribution in [2.45, 2.75) is 63.7 Å². The molecule has 2 fully saturated rings. The highest BCUT2D eigenvalue weighted by Crippen LogP contribution is 2.35. The number of halogens is 2. The number of nitrogens with zero attached hydrogens (tertiary/aromatic N) is 3. The third-order valence-corrected chi connectivity index (χ3v) is 6.59. The Morgan fingerprint density at radius 1 is 1.24 bits per heavy atom. The van der Waals surface area contributed by atoms with Gasteiger partial charge in [0.15, 0.2) is 6.17 Å². The summed E-state index contributed by atoms with van der Waals surface area (Å²) in [5.41, 5.74) is 3.56. The molecule has 1 aliphatic carbocycles. The molecule has 4 rings (SSSR count). The van der Waals surface area contributed by atoms with Crippen LogP contribution in [0.15, 0.2) is 23.3 Å². The van der Waals surface area contributed by atoms with E-state index in [4.69, 9.17) is 23.2 Å². The Morgan fingerprint density at radius 2 is 2.00 bits per heavy atom. The van der Waals surface area contributed by atoms with Crippen molar-refractivity contribution in [2.24, 2.45) is 5.10 Å². The lowest BCUT2D eigenvalue weighted by atomic mass is 9.85. The summed E-state index contributed by atoms with van der Waals surface area (Å²) in [6.45, 7) is 2.12. The number of fused-ring (bicyclic) bond motifs is 3. The van der Waals surface area contributed by atoms with Crippen LogP contribution >= 0.6 is 23.2 Å². The molecule has 0 bridgehead atoms. The first kappa shape index (κ1) is 20.3. The van der Waals surface area contributed by atoms with Crippen molar-refractivity contribution in [2.75, 3.05) is 11.9 Å². The Kier molecular flexibility index (Phi) is 5.88. The van der Waals surface area contributed by atoms with Gasteiger partial charge < -0.3 is 15.1 Å². The van der Waals surface area contributed by atoms with Crippen LogP contribution in [-0.4, -0.2) is 52.2 Å². The highest BCUT2D eigenvalue weighted by atomic mass is 35.5. The van der Waals surface area contributed by atoms with Gasteiger partial charge in [-0.25, -0.2) is 0 Å². The summed E-state index contributed by atoms with van der Waals surface area (Å²) >= 11 is 12.0. The monoisotopic (exact) mass is 437 g/mol. The van der Waals surface area contributed by atoms with Gasteiger partial charge in [0.05, 0.1) is 22.1 Å². The van der Waals surface area contributed by atoms with Crippen LogP contribution in [0.4, 0.5) is 5.69 Å². The highest BCUT2D eigenvalue weighted by Gasteiger charge is 2.50. The fraction of sp³-hybridized carbons (Fsp3) is 0.550. The Labute approximate surface area is 180 Å². The molecule has 29 heavy (non-hydrogen) atoms. The number of amides is 2. The number of hydrogen-bond donors (Lipinski definition) is 2. The number of hydrazone groups is 1. The predicted octanol–water partition coefficient (Wildman–Crippen LogP) is 3.43. The van der Waals surface area contributed by atoms with E-state index in [0.717, 1.165) is 44.4 Å². The molecule has 3 unspecified atom stereocenters. The molecule has 3 atom stereocenters. The second-order valence-electron chi connectivity index (χ2n) is 7.78. The van der Waals surface area contributed by atoms with Crippen molar-refractivity contribution in [3.05, 3.63) is 28.2 Å². The minimum Gasteiger partial charge on any atom is -0.325 e. The average Bonchev–Trinajstić information content (AvgIpc) is 3.12. The van der Waals surface area contributed by atoms with Gasteiger partial charge in [0.2, 0.25) is 5.91 Å². The topological polar surface area (TPSA) is 77.0 Å². The molecular formula is C20H25Cl2N5O2. The fourth-order valence-corrected chi connectivity index (χ4v) is 4.89. The zero-order chi connectivity index (χ0) is 20.5. The lowest BCUT2D eigenvalue weighted by Gasteiger charge is -2.51. The van der Waals surface area contributed by atoms with E-state index in [1.54, 1.807) is 23.1 Å². The summed E-state index contributed by atoms with van der Waals surface area (Å²) in [5.74, 6) is 0.622. The first-order chi connectivity index (χ1) is 14.0. The maximum absolute atomic E-state index is 13.2. The average molecular weight is 438 g/mol. The third kappa shape index (κ3) is 3.90. The molecule has 9 heteroatoms. The molecular weight excluding hydrogens is 413 g/mol. The summed E-state index contributed by atoms with van der Waals surface area (Å²) < 4.78 is 0. The van der Waals surface area contributed by atoms with E-state index in [1.807, 2.05) is 0 Å². The van der Waals surface area contributed by atoms with Crippen molar-refractivity contribution < 1.29 is 9.59 Å². The first-order valence-electron chi connectivity index (χ1n) is 10.2. The van der Waals surface area contributed by atoms with Crippen molar-refractivity contribution in [1.82, 2.24) is 15.2 Å². The van der Waals surface area contributed by atoms with Gasteiger partial charge in [-0.2, -0.15) is 5.10 Å². The number of benzene rings is 1. The van der Waals surface area contributed by atoms with Crippen LogP contribution in [0, 0.1) is 0 Å². The summed E-state index contributed by atoms with van der Waals surface area (Å²) in [7, 11) is 0. The van der Waals surface area contributed by atoms with Crippen molar-refractivity contribution >= 4 is 46.5 Å². The van der Waals surface area contributed by atoms with Gasteiger partial charge in [-0.3, -0.25) is 15.0 Å². The molecule has 0 radical (unpaired) electrons. The van der Waals surface area contributed by atoms with Gasteiger partial charge in [0.1, 0.15) is 12.4 Å². The molecule has 2 heterocycles. The zero-order valence-electron chi connectivity index (χ0n) is 16.3. The minimum atomic E-state index is -0.506. The smallest absolute Gasteiger partial charge is 0.268 e. The van der Waals surface area contributed by atoms with Crippen LogP contribution in [-0.2, 0) is 9.59 Å². The number of amidine groups is 1. The maximum Gasteiger partial charge on any atom is 0.268 e. The van der Waals surface area contributed by atoms with E-state index in [0.29, 0.717) is 15.7 Å². The molecule has 3 aliphatic rings. The number of carbonyl (C=O) groups is 2. The van der Waals surface area contributed by atoms with Gasteiger partial charge in [-0.1, -0.05) is 43.0 Å². The van der Waals surface area contributed by atoms with Crippen molar-refractivity contribution in [3.8, 4) is 0 Å². The number of carbonyl (C=O) groups excluding carboxylic acids is 2. The summed E-state index contributed by atoms with van der Waals surface area (Å²) in [6.07, 6.45) is 5.41. The van der Waals surface area contributed by atoms with Gasteiger partial charge >= 0.3 is 0 Å². The van der Waals surface area contributed by atoms with Crippen LogP contribution < -0.4 is 10.7 Å². The van der Waals surface area contributed by atoms with Crippen molar-refractivity contribution in [1.29, 1.82) is 0 Å². The summed E-state index contributed by atoms with van der Waals surface area (Å²) in [5, 5.41) is 8.05. The molecule has 156 valence electrons. The Balaban J connectivity index is 1.50. The van der Waals surface area contributed by atoms with Crippen LogP contribution in [0.25, 0.3) is 0 Å². The molecule has 2 N–H and O–H groups in total. The number of hydrogen-bond acceptors (Lipinski definition) is 5. The number of nitrogens with one attached hydrogen (secondary N) is 2. The quantitative estimate of drug-likeness (QED) is 0.739. The molecule has 2 amide bonds. The molecule has 1 saturated heterocycles. The van der Waals surface area contributed by atoms with E-state index >= 15 is 0 Å². The molecule has 1 aromatic carbocycles. The highest BCUT2D eigenvalue weighted by molar-refractivity contribution is 6.42. The zero-order valence-corrected chi connectivity index (χ0v) is 17.8. The van der Waals surface area contributed by atoms with E-state index in [2.05, 4.69) is 27.7 Å². The normalized spacial score (nSPS) is 25.8. The van der Waals surface area contributed by atoms with Crippen molar-refractivity contribution in [3.63, 3.8) is 0 Å². The summed E-state index contributed by atoms with van der Waals surface area (Å²) in [6, 6.07) is 5.15. The third-order valence-electron chi connectivity index (χ3n) is 5.85. The Morgan fingerprint density at radius 3 is 2.72 bits per heavy atom. The van der Waals surface area contributed by atoms with E-state index in [9.17, 15) is 9.59 Å². The largest absolute Gasteiger partial charge is 0.325 e. The fourth-order valence-electron chi connectivity index (χ4n) is 4.59. The lowest BCUT2D eigenvalue weighted by Crippen LogP contribution is -2.69. The predicted molar refractivity (Wildman–Crippen MR) is 114 cm³/mol. The minimum absolute atomic E-state index is 0.00930. The van der Waals surface area contributed by atoms with Gasteiger partial charge in [0, 0.05) is 12.1 Å². The Bertz CT molecular complexity index is 846. The molecule has 0 spiro atoms. The molecule has 2 aliphatic heterocycles. The number of rotatable bonds is 5. The second kappa shape index (κ2) is 8.40. The van der Waals surface area contributed by atoms with Crippen LogP contribution in [0.1, 0.15) is 45.4 Å². The molecule has 0 aromatic heterocycles. The van der Waals surface area contributed by atoms with E-state index in [-0.39, 0.29) is 30.4 Å². The first-order valence-corrected chi connectivity index (χ1v) is 10.9. The standard InChI is InChI=1S/C20H25Cl2N5O2/c1-2-5-17-24-25-19-20(29)26(15-6-3-4-7-16(15)27(17)19)11-18(28)23-12-8-9-13(21)14(22)10-12/h8-10,15-16,19,25H,2-7,11H2,1H3,(H,23,28). The van der Waals surface area contributed by atoms with E-state index < -0.39 is 6.17 Å². The number of piperazine rings is 1. The van der Waals surface area contributed by atoms with Crippen LogP contribution in [0.2, 0.25) is 10.0 Å². The van der Waals surface area contributed by atoms with Gasteiger partial charge in [-0.05, 0) is 37.5 Å². The SMILES string of the molecule is CCCC1=NNC2C(=O)N(CC(=O)Nc3ccc(Cl)c(Cl)c3)C3CCCCC3N12. The van der Waals surface area contributed by atoms with Gasteiger partial charge in [0.25, 0.3) is 5.91 Å². The lowest BCUT2D eigenvalue weighted by molar-refractivity contribution is -0.151. The van der Waals surface area contributed by atoms with Crippen LogP contribution in [0.5, 0.6) is 0 Å². The maximum atomic E-state index is 13.2. The molecule has 1 aromatic rings. The summed E-state index contributed by atoms with van der Waals surface area (Å²) in [4.78, 5) is 29.8. The van der Waals surface area contributed by atoms with Crippen LogP contribution in [0.3, 0.4) is 0 Å². The molecule has 7 nitrogen and oxygen atoms in total. The van der Waals surface area contributed by atoms with E-state index in [1.165, 1.54) is 0 Å². The van der Waals surface area contributed by atoms with Gasteiger partial charge in [-0.15, -0.1) is 0 Å². The number of anilines is 1. The second-order valence-corrected chi connectivity index (χ2v) is 8.59. The Hall–Kier alpha value is -1.99.